The number of benzene rings is 2. The molecule has 0 bridgehead atoms. The van der Waals surface area contributed by atoms with Crippen LogP contribution in [0.25, 0.3) is 5.69 Å². The van der Waals surface area contributed by atoms with Crippen LogP contribution in [0.1, 0.15) is 41.4 Å². The van der Waals surface area contributed by atoms with E-state index in [0.29, 0.717) is 22.3 Å². The third-order valence-corrected chi connectivity index (χ3v) is 5.10. The Bertz CT molecular complexity index is 1040. The normalized spacial score (nSPS) is 14.3. The number of nitrogens with zero attached hydrogens (tertiary/aromatic N) is 3. The number of aliphatic hydroxyl groups is 1. The molecule has 0 saturated carbocycles. The highest BCUT2D eigenvalue weighted by Crippen LogP contribution is 2.33. The van der Waals surface area contributed by atoms with E-state index in [1.54, 1.807) is 6.92 Å². The van der Waals surface area contributed by atoms with Crippen LogP contribution < -0.4 is 0 Å². The Balaban J connectivity index is 2.03. The standard InChI is InChI=1S/C20H17Cl2N3O/c1-11(26)19-18-10-23-20(14-5-3-4-6-16(14)22)15-9-13(21)7-8-17(15)25(18)12(2)24-19/h3-9,11,26H,10H2,1-2H3. The van der Waals surface area contributed by atoms with Gasteiger partial charge in [-0.25, -0.2) is 4.98 Å². The SMILES string of the molecule is Cc1nc(C(C)O)c2n1-c1ccc(Cl)cc1C(c1ccccc1Cl)=NC2. The molecule has 4 nitrogen and oxygen atoms in total. The molecule has 0 radical (unpaired) electrons. The molecule has 3 aromatic rings. The van der Waals surface area contributed by atoms with Crippen molar-refractivity contribution in [2.45, 2.75) is 26.5 Å². The first-order chi connectivity index (χ1) is 12.5. The van der Waals surface area contributed by atoms with Crippen LogP contribution in [0.4, 0.5) is 0 Å². The van der Waals surface area contributed by atoms with Crippen LogP contribution in [0.5, 0.6) is 0 Å². The first kappa shape index (κ1) is 17.3. The molecule has 0 fully saturated rings. The summed E-state index contributed by atoms with van der Waals surface area (Å²) < 4.78 is 2.04. The Morgan fingerprint density at radius 1 is 1.12 bits per heavy atom. The average molecular weight is 386 g/mol. The number of aromatic nitrogens is 2. The van der Waals surface area contributed by atoms with Crippen molar-refractivity contribution in [1.29, 1.82) is 0 Å². The van der Waals surface area contributed by atoms with Gasteiger partial charge in [-0.2, -0.15) is 0 Å². The fourth-order valence-electron chi connectivity index (χ4n) is 3.42. The van der Waals surface area contributed by atoms with Gasteiger partial charge in [-0.15, -0.1) is 0 Å². The van der Waals surface area contributed by atoms with Crippen molar-refractivity contribution < 1.29 is 5.11 Å². The second-order valence-corrected chi connectivity index (χ2v) is 7.15. The van der Waals surface area contributed by atoms with E-state index in [0.717, 1.165) is 34.0 Å². The third-order valence-electron chi connectivity index (χ3n) is 4.54. The maximum atomic E-state index is 10.1. The van der Waals surface area contributed by atoms with Gasteiger partial charge in [0.15, 0.2) is 0 Å². The molecule has 26 heavy (non-hydrogen) atoms. The Labute approximate surface area is 161 Å². The predicted octanol–water partition coefficient (Wildman–Crippen LogP) is 4.89. The second-order valence-electron chi connectivity index (χ2n) is 6.31. The van der Waals surface area contributed by atoms with Crippen LogP contribution in [0.3, 0.4) is 0 Å². The van der Waals surface area contributed by atoms with Crippen molar-refractivity contribution >= 4 is 28.9 Å². The number of aryl methyl sites for hydroxylation is 1. The molecule has 1 N–H and O–H groups in total. The van der Waals surface area contributed by atoms with E-state index in [9.17, 15) is 5.11 Å². The van der Waals surface area contributed by atoms with Crippen molar-refractivity contribution in [3.8, 4) is 5.69 Å². The molecule has 0 aliphatic carbocycles. The summed E-state index contributed by atoms with van der Waals surface area (Å²) in [4.78, 5) is 9.39. The molecule has 1 unspecified atom stereocenters. The van der Waals surface area contributed by atoms with E-state index in [1.807, 2.05) is 54.0 Å². The number of rotatable bonds is 2. The number of halogens is 2. The quantitative estimate of drug-likeness (QED) is 0.682. The number of hydrogen-bond donors (Lipinski definition) is 1. The van der Waals surface area contributed by atoms with Crippen LogP contribution in [0, 0.1) is 6.92 Å². The van der Waals surface area contributed by atoms with Gasteiger partial charge in [0.25, 0.3) is 0 Å². The van der Waals surface area contributed by atoms with Gasteiger partial charge in [-0.1, -0.05) is 41.4 Å². The average Bonchev–Trinajstić information content (AvgIpc) is 2.84. The summed E-state index contributed by atoms with van der Waals surface area (Å²) in [7, 11) is 0. The maximum Gasteiger partial charge on any atom is 0.110 e. The van der Waals surface area contributed by atoms with Crippen molar-refractivity contribution in [1.82, 2.24) is 9.55 Å². The van der Waals surface area contributed by atoms with E-state index in [1.165, 1.54) is 0 Å². The highest BCUT2D eigenvalue weighted by molar-refractivity contribution is 6.36. The highest BCUT2D eigenvalue weighted by atomic mass is 35.5. The molecule has 1 aromatic heterocycles. The zero-order chi connectivity index (χ0) is 18.4. The Morgan fingerprint density at radius 3 is 2.62 bits per heavy atom. The van der Waals surface area contributed by atoms with E-state index in [2.05, 4.69) is 4.98 Å². The summed E-state index contributed by atoms with van der Waals surface area (Å²) in [6, 6.07) is 13.3. The molecule has 132 valence electrons. The summed E-state index contributed by atoms with van der Waals surface area (Å²) in [6.07, 6.45) is -0.669. The van der Waals surface area contributed by atoms with Crippen LogP contribution in [-0.4, -0.2) is 20.4 Å². The van der Waals surface area contributed by atoms with Crippen molar-refractivity contribution in [3.63, 3.8) is 0 Å². The first-order valence-electron chi connectivity index (χ1n) is 8.33. The lowest BCUT2D eigenvalue weighted by Crippen LogP contribution is -2.08. The second kappa shape index (κ2) is 6.54. The lowest BCUT2D eigenvalue weighted by atomic mass is 10.0. The molecule has 1 atom stereocenters. The predicted molar refractivity (Wildman–Crippen MR) is 105 cm³/mol. The van der Waals surface area contributed by atoms with Crippen LogP contribution >= 0.6 is 23.2 Å². The fourth-order valence-corrected chi connectivity index (χ4v) is 3.82. The van der Waals surface area contributed by atoms with Crippen molar-refractivity contribution in [3.05, 3.63) is 80.8 Å². The smallest absolute Gasteiger partial charge is 0.110 e. The van der Waals surface area contributed by atoms with Gasteiger partial charge in [-0.05, 0) is 38.1 Å². The van der Waals surface area contributed by atoms with Gasteiger partial charge >= 0.3 is 0 Å². The van der Waals surface area contributed by atoms with Gasteiger partial charge in [0.05, 0.1) is 35.4 Å². The van der Waals surface area contributed by atoms with Crippen LogP contribution in [-0.2, 0) is 6.54 Å². The number of aliphatic hydroxyl groups excluding tert-OH is 1. The first-order valence-corrected chi connectivity index (χ1v) is 9.08. The molecular weight excluding hydrogens is 369 g/mol. The topological polar surface area (TPSA) is 50.4 Å². The highest BCUT2D eigenvalue weighted by Gasteiger charge is 2.26. The molecule has 0 saturated heterocycles. The number of aliphatic imine (C=N–C) groups is 1. The molecule has 6 heteroatoms. The van der Waals surface area contributed by atoms with E-state index in [-0.39, 0.29) is 0 Å². The molecule has 2 aromatic carbocycles. The van der Waals surface area contributed by atoms with Gasteiger partial charge in [0, 0.05) is 21.2 Å². The van der Waals surface area contributed by atoms with Gasteiger partial charge in [0.1, 0.15) is 5.82 Å². The number of fused-ring (bicyclic) bond motifs is 3. The third kappa shape index (κ3) is 2.75. The lowest BCUT2D eigenvalue weighted by Gasteiger charge is -2.14. The number of hydrogen-bond acceptors (Lipinski definition) is 3. The van der Waals surface area contributed by atoms with Gasteiger partial charge < -0.3 is 5.11 Å². The summed E-state index contributed by atoms with van der Waals surface area (Å²) in [5, 5.41) is 11.4. The van der Waals surface area contributed by atoms with Gasteiger partial charge in [-0.3, -0.25) is 9.56 Å². The minimum absolute atomic E-state index is 0.397. The Kier molecular flexibility index (Phi) is 4.35. The molecule has 1 aliphatic heterocycles. The van der Waals surface area contributed by atoms with Crippen molar-refractivity contribution in [2.24, 2.45) is 4.99 Å². The summed E-state index contributed by atoms with van der Waals surface area (Å²) >= 11 is 12.7. The maximum absolute atomic E-state index is 10.1. The summed E-state index contributed by atoms with van der Waals surface area (Å²) in [5.74, 6) is 0.801. The number of imidazole rings is 1. The molecular formula is C20H17Cl2N3O. The molecule has 1 aliphatic rings. The minimum Gasteiger partial charge on any atom is -0.387 e. The Hall–Kier alpha value is -2.14. The van der Waals surface area contributed by atoms with Crippen LogP contribution in [0.15, 0.2) is 47.5 Å². The molecule has 0 spiro atoms. The van der Waals surface area contributed by atoms with E-state index >= 15 is 0 Å². The monoisotopic (exact) mass is 385 g/mol. The van der Waals surface area contributed by atoms with E-state index < -0.39 is 6.10 Å². The summed E-state index contributed by atoms with van der Waals surface area (Å²) in [5.41, 5.74) is 4.98. The zero-order valence-corrected chi connectivity index (χ0v) is 15.9. The molecule has 4 rings (SSSR count). The van der Waals surface area contributed by atoms with Crippen molar-refractivity contribution in [2.75, 3.05) is 0 Å². The largest absolute Gasteiger partial charge is 0.387 e. The zero-order valence-electron chi connectivity index (χ0n) is 14.4. The van der Waals surface area contributed by atoms with Crippen LogP contribution in [0.2, 0.25) is 10.0 Å². The van der Waals surface area contributed by atoms with Gasteiger partial charge in [0.2, 0.25) is 0 Å². The summed E-state index contributed by atoms with van der Waals surface area (Å²) in [6.45, 7) is 4.04. The fraction of sp³-hybridized carbons (Fsp3) is 0.200. The molecule has 0 amide bonds. The minimum atomic E-state index is -0.669. The van der Waals surface area contributed by atoms with E-state index in [4.69, 9.17) is 28.2 Å². The molecule has 2 heterocycles. The lowest BCUT2D eigenvalue weighted by molar-refractivity contribution is 0.193. The Morgan fingerprint density at radius 2 is 1.88 bits per heavy atom.